The van der Waals surface area contributed by atoms with E-state index in [1.165, 1.54) is 21.2 Å². The van der Waals surface area contributed by atoms with Gasteiger partial charge in [-0.1, -0.05) is 19.9 Å². The van der Waals surface area contributed by atoms with E-state index < -0.39 is 0 Å². The number of rotatable bonds is 2. The molecule has 1 aromatic carbocycles. The maximum absolute atomic E-state index is 5.95. The van der Waals surface area contributed by atoms with Crippen molar-refractivity contribution in [1.82, 2.24) is 0 Å². The molecule has 0 saturated heterocycles. The summed E-state index contributed by atoms with van der Waals surface area (Å²) in [6, 6.07) is 4.54. The van der Waals surface area contributed by atoms with E-state index in [0.29, 0.717) is 0 Å². The smallest absolute Gasteiger partial charge is 0.0505 e. The highest BCUT2D eigenvalue weighted by molar-refractivity contribution is 7.17. The lowest BCUT2D eigenvalue weighted by Crippen LogP contribution is -1.89. The number of anilines is 1. The van der Waals surface area contributed by atoms with Crippen LogP contribution in [-0.4, -0.2) is 0 Å². The Labute approximate surface area is 88.6 Å². The number of nitrogen functional groups attached to an aromatic ring is 1. The zero-order valence-corrected chi connectivity index (χ0v) is 9.45. The van der Waals surface area contributed by atoms with Crippen LogP contribution in [0.15, 0.2) is 17.5 Å². The van der Waals surface area contributed by atoms with Crippen LogP contribution in [0.1, 0.15) is 25.0 Å². The van der Waals surface area contributed by atoms with Gasteiger partial charge >= 0.3 is 0 Å². The van der Waals surface area contributed by atoms with Crippen molar-refractivity contribution in [3.63, 3.8) is 0 Å². The minimum Gasteiger partial charge on any atom is -0.398 e. The zero-order valence-electron chi connectivity index (χ0n) is 8.63. The van der Waals surface area contributed by atoms with Crippen LogP contribution in [0.4, 0.5) is 5.69 Å². The van der Waals surface area contributed by atoms with Crippen LogP contribution in [0.25, 0.3) is 10.1 Å². The number of aryl methyl sites for hydroxylation is 2. The number of hydrogen-bond donors (Lipinski definition) is 1. The van der Waals surface area contributed by atoms with Crippen molar-refractivity contribution < 1.29 is 0 Å². The lowest BCUT2D eigenvalue weighted by molar-refractivity contribution is 1.10. The summed E-state index contributed by atoms with van der Waals surface area (Å²) in [4.78, 5) is 0. The largest absolute Gasteiger partial charge is 0.398 e. The number of hydrogen-bond acceptors (Lipinski definition) is 2. The number of nitrogens with two attached hydrogens (primary N) is 1. The molecular formula is C12H15NS. The van der Waals surface area contributed by atoms with Gasteiger partial charge in [0.15, 0.2) is 0 Å². The second kappa shape index (κ2) is 3.62. The predicted octanol–water partition coefficient (Wildman–Crippen LogP) is 3.61. The summed E-state index contributed by atoms with van der Waals surface area (Å²) in [5, 5.41) is 3.32. The molecule has 1 nitrogen and oxygen atoms in total. The third kappa shape index (κ3) is 1.40. The Bertz CT molecular complexity index is 457. The summed E-state index contributed by atoms with van der Waals surface area (Å²) < 4.78 is 1.33. The van der Waals surface area contributed by atoms with Gasteiger partial charge in [0.2, 0.25) is 0 Å². The Hall–Kier alpha value is -1.02. The van der Waals surface area contributed by atoms with Gasteiger partial charge in [0, 0.05) is 15.5 Å². The molecule has 0 aliphatic carbocycles. The molecule has 0 fully saturated rings. The number of thiophene rings is 1. The molecule has 0 atom stereocenters. The lowest BCUT2D eigenvalue weighted by atomic mass is 10.0. The van der Waals surface area contributed by atoms with E-state index in [9.17, 15) is 0 Å². The van der Waals surface area contributed by atoms with Gasteiger partial charge in [0.1, 0.15) is 0 Å². The van der Waals surface area contributed by atoms with Gasteiger partial charge in [-0.3, -0.25) is 0 Å². The van der Waals surface area contributed by atoms with E-state index in [1.54, 1.807) is 11.3 Å². The number of fused-ring (bicyclic) bond motifs is 1. The molecule has 2 rings (SSSR count). The first-order chi connectivity index (χ1) is 6.76. The molecule has 0 amide bonds. The molecule has 0 radical (unpaired) electrons. The van der Waals surface area contributed by atoms with E-state index in [0.717, 1.165) is 18.5 Å². The summed E-state index contributed by atoms with van der Waals surface area (Å²) in [6.45, 7) is 4.38. The van der Waals surface area contributed by atoms with Gasteiger partial charge in [-0.05, 0) is 30.0 Å². The fourth-order valence-corrected chi connectivity index (χ4v) is 2.78. The molecule has 1 heterocycles. The Morgan fingerprint density at radius 3 is 2.64 bits per heavy atom. The molecule has 74 valence electrons. The molecule has 2 aromatic rings. The molecule has 0 aliphatic heterocycles. The molecule has 0 aliphatic rings. The maximum Gasteiger partial charge on any atom is 0.0505 e. The highest BCUT2D eigenvalue weighted by Gasteiger charge is 2.06. The SMILES string of the molecule is CCc1cc(CC)c2c(N)csc2c1. The van der Waals surface area contributed by atoms with E-state index in [-0.39, 0.29) is 0 Å². The molecule has 0 unspecified atom stereocenters. The average Bonchev–Trinajstić information content (AvgIpc) is 2.59. The Kier molecular flexibility index (Phi) is 2.46. The van der Waals surface area contributed by atoms with Crippen LogP contribution in [-0.2, 0) is 12.8 Å². The molecule has 0 spiro atoms. The molecule has 2 N–H and O–H groups in total. The number of benzene rings is 1. The first kappa shape index (κ1) is 9.53. The van der Waals surface area contributed by atoms with Crippen molar-refractivity contribution in [2.45, 2.75) is 26.7 Å². The Morgan fingerprint density at radius 2 is 2.00 bits per heavy atom. The molecule has 14 heavy (non-hydrogen) atoms. The van der Waals surface area contributed by atoms with E-state index in [1.807, 2.05) is 5.38 Å². The van der Waals surface area contributed by atoms with Gasteiger partial charge in [-0.25, -0.2) is 0 Å². The minimum atomic E-state index is 0.935. The van der Waals surface area contributed by atoms with E-state index in [2.05, 4.69) is 26.0 Å². The third-order valence-corrected chi connectivity index (χ3v) is 3.58. The maximum atomic E-state index is 5.95. The van der Waals surface area contributed by atoms with Crippen LogP contribution in [0.3, 0.4) is 0 Å². The van der Waals surface area contributed by atoms with E-state index >= 15 is 0 Å². The Morgan fingerprint density at radius 1 is 1.21 bits per heavy atom. The summed E-state index contributed by atoms with van der Waals surface area (Å²) in [5.41, 5.74) is 9.69. The topological polar surface area (TPSA) is 26.0 Å². The fraction of sp³-hybridized carbons (Fsp3) is 0.333. The molecule has 0 bridgehead atoms. The molecule has 0 saturated carbocycles. The standard InChI is InChI=1S/C12H15NS/c1-3-8-5-9(4-2)12-10(13)7-14-11(12)6-8/h5-7H,3-4,13H2,1-2H3. The minimum absolute atomic E-state index is 0.935. The van der Waals surface area contributed by atoms with Gasteiger partial charge < -0.3 is 5.73 Å². The van der Waals surface area contributed by atoms with Crippen LogP contribution in [0.2, 0.25) is 0 Å². The molecule has 1 aromatic heterocycles. The van der Waals surface area contributed by atoms with Gasteiger partial charge in [-0.2, -0.15) is 0 Å². The first-order valence-electron chi connectivity index (χ1n) is 5.04. The van der Waals surface area contributed by atoms with Crippen molar-refractivity contribution in [2.75, 3.05) is 5.73 Å². The van der Waals surface area contributed by atoms with Crippen molar-refractivity contribution in [1.29, 1.82) is 0 Å². The highest BCUT2D eigenvalue weighted by Crippen LogP contribution is 2.32. The second-order valence-electron chi connectivity index (χ2n) is 3.53. The molecular weight excluding hydrogens is 190 g/mol. The van der Waals surface area contributed by atoms with E-state index in [4.69, 9.17) is 5.73 Å². The van der Waals surface area contributed by atoms with Crippen molar-refractivity contribution in [2.24, 2.45) is 0 Å². The van der Waals surface area contributed by atoms with Gasteiger partial charge in [0.25, 0.3) is 0 Å². The van der Waals surface area contributed by atoms with Crippen molar-refractivity contribution in [3.05, 3.63) is 28.6 Å². The highest BCUT2D eigenvalue weighted by atomic mass is 32.1. The zero-order chi connectivity index (χ0) is 10.1. The first-order valence-corrected chi connectivity index (χ1v) is 5.92. The second-order valence-corrected chi connectivity index (χ2v) is 4.44. The van der Waals surface area contributed by atoms with Crippen molar-refractivity contribution >= 4 is 27.1 Å². The molecule has 2 heteroatoms. The van der Waals surface area contributed by atoms with Gasteiger partial charge in [-0.15, -0.1) is 11.3 Å². The van der Waals surface area contributed by atoms with Crippen LogP contribution >= 0.6 is 11.3 Å². The monoisotopic (exact) mass is 205 g/mol. The summed E-state index contributed by atoms with van der Waals surface area (Å²) in [7, 11) is 0. The summed E-state index contributed by atoms with van der Waals surface area (Å²) in [6.07, 6.45) is 2.16. The average molecular weight is 205 g/mol. The van der Waals surface area contributed by atoms with Crippen molar-refractivity contribution in [3.8, 4) is 0 Å². The summed E-state index contributed by atoms with van der Waals surface area (Å²) >= 11 is 1.75. The lowest BCUT2D eigenvalue weighted by Gasteiger charge is -2.04. The third-order valence-electron chi connectivity index (χ3n) is 2.63. The van der Waals surface area contributed by atoms with Gasteiger partial charge in [0.05, 0.1) is 5.69 Å². The quantitative estimate of drug-likeness (QED) is 0.796. The fourth-order valence-electron chi connectivity index (χ4n) is 1.83. The van der Waals surface area contributed by atoms with Crippen LogP contribution in [0, 0.1) is 0 Å². The van der Waals surface area contributed by atoms with Crippen LogP contribution < -0.4 is 5.73 Å². The summed E-state index contributed by atoms with van der Waals surface area (Å²) in [5.74, 6) is 0. The predicted molar refractivity (Wildman–Crippen MR) is 65.0 cm³/mol. The van der Waals surface area contributed by atoms with Crippen LogP contribution in [0.5, 0.6) is 0 Å². The Balaban J connectivity index is 2.76. The normalized spacial score (nSPS) is 11.0.